The first-order valence-corrected chi connectivity index (χ1v) is 17.0. The zero-order chi connectivity index (χ0) is 32.8. The standard InChI is InChI=1S/C20H38N2O3.C14H25N3O2/c1-3-4-14-17-21-20(24)22-18-15-12-10-8-6-5-7-9-11-13-16-19(23)25-2;1-19-14(18)12-10-8-6-4-2-3-5-7-9-11-13-16-17-15/h6,8H,3-5,7,9-18H2,1-2H3,(H2,21,22,24);3,5H,2,4,6-13H2,1H3/b8-6-;5-3-. The second-order valence-corrected chi connectivity index (χ2v) is 10.8. The van der Waals surface area contributed by atoms with Crippen molar-refractivity contribution in [1.82, 2.24) is 10.6 Å². The summed E-state index contributed by atoms with van der Waals surface area (Å²) in [6, 6.07) is -0.0427. The maximum atomic E-state index is 11.5. The van der Waals surface area contributed by atoms with E-state index in [0.717, 1.165) is 103 Å². The van der Waals surface area contributed by atoms with E-state index >= 15 is 0 Å². The molecule has 0 bridgehead atoms. The zero-order valence-corrected chi connectivity index (χ0v) is 28.2. The van der Waals surface area contributed by atoms with E-state index in [2.05, 4.69) is 61.4 Å². The third kappa shape index (κ3) is 39.0. The van der Waals surface area contributed by atoms with Crippen molar-refractivity contribution in [2.45, 2.75) is 142 Å². The van der Waals surface area contributed by atoms with Gasteiger partial charge in [0.05, 0.1) is 14.2 Å². The number of ether oxygens (including phenoxy) is 2. The van der Waals surface area contributed by atoms with Crippen molar-refractivity contribution in [2.24, 2.45) is 5.11 Å². The minimum absolute atomic E-state index is 0.0427. The Balaban J connectivity index is 0. The van der Waals surface area contributed by atoms with Gasteiger partial charge in [0.2, 0.25) is 0 Å². The number of urea groups is 1. The number of carbonyl (C=O) groups excluding carboxylic acids is 3. The topological polar surface area (TPSA) is 142 Å². The molecule has 0 aliphatic rings. The average Bonchev–Trinajstić information content (AvgIpc) is 3.03. The number of rotatable bonds is 28. The van der Waals surface area contributed by atoms with E-state index in [9.17, 15) is 14.4 Å². The van der Waals surface area contributed by atoms with Crippen LogP contribution in [0.3, 0.4) is 0 Å². The van der Waals surface area contributed by atoms with Crippen molar-refractivity contribution in [2.75, 3.05) is 33.9 Å². The van der Waals surface area contributed by atoms with Crippen LogP contribution in [-0.4, -0.2) is 51.8 Å². The summed E-state index contributed by atoms with van der Waals surface area (Å²) in [5.41, 5.74) is 8.09. The van der Waals surface area contributed by atoms with Gasteiger partial charge >= 0.3 is 18.0 Å². The summed E-state index contributed by atoms with van der Waals surface area (Å²) in [6.07, 6.45) is 30.6. The molecule has 0 radical (unpaired) electrons. The Hall–Kier alpha value is -3.00. The first-order chi connectivity index (χ1) is 21.5. The van der Waals surface area contributed by atoms with Gasteiger partial charge in [0.15, 0.2) is 0 Å². The number of nitrogens with zero attached hydrogens (tertiary/aromatic N) is 3. The lowest BCUT2D eigenvalue weighted by Crippen LogP contribution is -2.36. The second kappa shape index (κ2) is 38.0. The Labute approximate surface area is 267 Å². The van der Waals surface area contributed by atoms with Gasteiger partial charge in [-0.15, -0.1) is 0 Å². The number of azide groups is 1. The quantitative estimate of drug-likeness (QED) is 0.0223. The molecule has 0 unspecified atom stereocenters. The molecule has 0 atom stereocenters. The molecule has 0 saturated heterocycles. The van der Waals surface area contributed by atoms with Crippen molar-refractivity contribution in [3.05, 3.63) is 34.7 Å². The highest BCUT2D eigenvalue weighted by Crippen LogP contribution is 2.08. The van der Waals surface area contributed by atoms with Crippen molar-refractivity contribution in [1.29, 1.82) is 0 Å². The van der Waals surface area contributed by atoms with E-state index in [4.69, 9.17) is 5.53 Å². The average molecular weight is 622 g/mol. The summed E-state index contributed by atoms with van der Waals surface area (Å²) in [7, 11) is 2.87. The largest absolute Gasteiger partial charge is 0.469 e. The summed E-state index contributed by atoms with van der Waals surface area (Å²) < 4.78 is 9.19. The molecule has 0 aromatic heterocycles. The number of unbranched alkanes of at least 4 members (excludes halogenated alkanes) is 14. The molecule has 44 heavy (non-hydrogen) atoms. The fourth-order valence-corrected chi connectivity index (χ4v) is 4.16. The van der Waals surface area contributed by atoms with E-state index in [1.165, 1.54) is 46.3 Å². The monoisotopic (exact) mass is 621 g/mol. The fraction of sp³-hybridized carbons (Fsp3) is 0.794. The van der Waals surface area contributed by atoms with Gasteiger partial charge < -0.3 is 20.1 Å². The fourth-order valence-electron chi connectivity index (χ4n) is 4.16. The van der Waals surface area contributed by atoms with E-state index in [0.29, 0.717) is 19.4 Å². The van der Waals surface area contributed by atoms with Crippen LogP contribution in [0.2, 0.25) is 0 Å². The summed E-state index contributed by atoms with van der Waals surface area (Å²) in [6.45, 7) is 4.27. The van der Waals surface area contributed by atoms with Crippen LogP contribution in [-0.2, 0) is 19.1 Å². The Bertz CT molecular complexity index is 782. The zero-order valence-electron chi connectivity index (χ0n) is 28.2. The maximum absolute atomic E-state index is 11.5. The summed E-state index contributed by atoms with van der Waals surface area (Å²) >= 11 is 0. The van der Waals surface area contributed by atoms with Gasteiger partial charge in [0.25, 0.3) is 0 Å². The molecular formula is C34H63N5O5. The van der Waals surface area contributed by atoms with Crippen LogP contribution in [0.15, 0.2) is 29.4 Å². The molecule has 0 fully saturated rings. The number of nitrogens with one attached hydrogen (secondary N) is 2. The molecule has 0 saturated carbocycles. The first-order valence-electron chi connectivity index (χ1n) is 17.0. The molecule has 2 N–H and O–H groups in total. The Morgan fingerprint density at radius 3 is 1.45 bits per heavy atom. The van der Waals surface area contributed by atoms with Gasteiger partial charge in [-0.05, 0) is 89.0 Å². The molecule has 0 aromatic carbocycles. The van der Waals surface area contributed by atoms with Gasteiger partial charge in [-0.3, -0.25) is 9.59 Å². The molecule has 0 aromatic rings. The molecular weight excluding hydrogens is 558 g/mol. The van der Waals surface area contributed by atoms with Gasteiger partial charge in [0.1, 0.15) is 0 Å². The van der Waals surface area contributed by atoms with Crippen LogP contribution in [0.5, 0.6) is 0 Å². The predicted molar refractivity (Wildman–Crippen MR) is 180 cm³/mol. The highest BCUT2D eigenvalue weighted by molar-refractivity contribution is 5.73. The Morgan fingerprint density at radius 1 is 0.614 bits per heavy atom. The molecule has 0 aliphatic heterocycles. The van der Waals surface area contributed by atoms with Crippen molar-refractivity contribution in [3.8, 4) is 0 Å². The minimum atomic E-state index is -0.111. The second-order valence-electron chi connectivity index (χ2n) is 10.8. The van der Waals surface area contributed by atoms with Gasteiger partial charge in [-0.25, -0.2) is 4.79 Å². The summed E-state index contributed by atoms with van der Waals surface area (Å²) in [5, 5.41) is 9.26. The van der Waals surface area contributed by atoms with Crippen LogP contribution in [0.25, 0.3) is 10.4 Å². The number of carbonyl (C=O) groups is 3. The Kier molecular flexibility index (Phi) is 37.3. The third-order valence-corrected chi connectivity index (χ3v) is 6.88. The highest BCUT2D eigenvalue weighted by Gasteiger charge is 2.00. The van der Waals surface area contributed by atoms with Gasteiger partial charge in [-0.1, -0.05) is 74.9 Å². The van der Waals surface area contributed by atoms with Crippen molar-refractivity contribution < 1.29 is 23.9 Å². The van der Waals surface area contributed by atoms with Crippen LogP contribution in [0.4, 0.5) is 4.79 Å². The third-order valence-electron chi connectivity index (χ3n) is 6.88. The molecule has 254 valence electrons. The van der Waals surface area contributed by atoms with Crippen LogP contribution in [0.1, 0.15) is 142 Å². The van der Waals surface area contributed by atoms with Gasteiger partial charge in [-0.2, -0.15) is 0 Å². The van der Waals surface area contributed by atoms with E-state index < -0.39 is 0 Å². The molecule has 0 heterocycles. The summed E-state index contributed by atoms with van der Waals surface area (Å²) in [5.74, 6) is -0.219. The van der Waals surface area contributed by atoms with E-state index in [-0.39, 0.29) is 18.0 Å². The highest BCUT2D eigenvalue weighted by atomic mass is 16.5. The van der Waals surface area contributed by atoms with Crippen LogP contribution < -0.4 is 10.6 Å². The summed E-state index contributed by atoms with van der Waals surface area (Å²) in [4.78, 5) is 36.0. The molecule has 0 spiro atoms. The molecule has 2 amide bonds. The SMILES string of the molecule is CCCCCNC(=O)NCCCC/C=C\CCCCCCC(=O)OC.COC(=O)CCCCCC/C=C\CCCCN=[N+]=[N-]. The minimum Gasteiger partial charge on any atom is -0.469 e. The Morgan fingerprint density at radius 2 is 1.02 bits per heavy atom. The molecule has 0 aliphatic carbocycles. The predicted octanol–water partition coefficient (Wildman–Crippen LogP) is 9.25. The number of hydrogen-bond donors (Lipinski definition) is 2. The lowest BCUT2D eigenvalue weighted by Gasteiger charge is -2.06. The maximum Gasteiger partial charge on any atom is 0.314 e. The van der Waals surface area contributed by atoms with Gasteiger partial charge in [0, 0.05) is 37.4 Å². The lowest BCUT2D eigenvalue weighted by atomic mass is 10.1. The van der Waals surface area contributed by atoms with Crippen LogP contribution in [0, 0.1) is 0 Å². The van der Waals surface area contributed by atoms with Crippen molar-refractivity contribution in [3.63, 3.8) is 0 Å². The normalized spacial score (nSPS) is 10.6. The molecule has 0 rings (SSSR count). The number of methoxy groups -OCH3 is 2. The number of esters is 2. The smallest absolute Gasteiger partial charge is 0.314 e. The van der Waals surface area contributed by atoms with Crippen LogP contribution >= 0.6 is 0 Å². The first kappa shape index (κ1) is 43.1. The lowest BCUT2D eigenvalue weighted by molar-refractivity contribution is -0.141. The molecule has 10 nitrogen and oxygen atoms in total. The number of amides is 2. The molecule has 10 heteroatoms. The van der Waals surface area contributed by atoms with E-state index in [1.807, 2.05) is 0 Å². The van der Waals surface area contributed by atoms with E-state index in [1.54, 1.807) is 0 Å². The van der Waals surface area contributed by atoms with Crippen molar-refractivity contribution >= 4 is 18.0 Å². The number of allylic oxidation sites excluding steroid dienone is 4. The number of hydrogen-bond acceptors (Lipinski definition) is 6.